The summed E-state index contributed by atoms with van der Waals surface area (Å²) < 4.78 is 44.6. The molecule has 0 radical (unpaired) electrons. The predicted octanol–water partition coefficient (Wildman–Crippen LogP) is 1.17. The largest absolute Gasteiger partial charge is 0.496 e. The zero-order valence-corrected chi connectivity index (χ0v) is 16.2. The highest BCUT2D eigenvalue weighted by Crippen LogP contribution is 2.37. The van der Waals surface area contributed by atoms with E-state index in [2.05, 4.69) is 4.98 Å². The van der Waals surface area contributed by atoms with Gasteiger partial charge in [0.15, 0.2) is 0 Å². The fourth-order valence-corrected chi connectivity index (χ4v) is 4.62. The van der Waals surface area contributed by atoms with Crippen molar-refractivity contribution < 1.29 is 22.5 Å². The van der Waals surface area contributed by atoms with Gasteiger partial charge in [-0.3, -0.25) is 0 Å². The molecule has 7 nitrogen and oxygen atoms in total. The van der Waals surface area contributed by atoms with E-state index in [0.717, 1.165) is 12.8 Å². The summed E-state index contributed by atoms with van der Waals surface area (Å²) in [5, 5.41) is 0. The topological polar surface area (TPSA) is 78.0 Å². The van der Waals surface area contributed by atoms with Crippen LogP contribution in [0.1, 0.15) is 40.5 Å². The van der Waals surface area contributed by atoms with Crippen molar-refractivity contribution in [1.29, 1.82) is 0 Å². The lowest BCUT2D eigenvalue weighted by molar-refractivity contribution is 0.00578. The number of aromatic nitrogens is 1. The van der Waals surface area contributed by atoms with E-state index in [1.165, 1.54) is 11.4 Å². The van der Waals surface area contributed by atoms with E-state index in [0.29, 0.717) is 18.6 Å². The molecule has 0 aliphatic carbocycles. The molecule has 25 heavy (non-hydrogen) atoms. The van der Waals surface area contributed by atoms with E-state index >= 15 is 0 Å². The van der Waals surface area contributed by atoms with Crippen LogP contribution in [0, 0.1) is 0 Å². The van der Waals surface area contributed by atoms with E-state index in [1.807, 2.05) is 27.7 Å². The first-order valence-electron chi connectivity index (χ1n) is 8.48. The van der Waals surface area contributed by atoms with Crippen LogP contribution in [0.3, 0.4) is 0 Å². The predicted molar refractivity (Wildman–Crippen MR) is 94.5 cm³/mol. The molecule has 0 aromatic carbocycles. The van der Waals surface area contributed by atoms with Gasteiger partial charge in [0.25, 0.3) is 0 Å². The lowest BCUT2D eigenvalue weighted by Crippen LogP contribution is -2.41. The van der Waals surface area contributed by atoms with Gasteiger partial charge in [-0.25, -0.2) is 13.4 Å². The van der Waals surface area contributed by atoms with Gasteiger partial charge in [0.05, 0.1) is 18.3 Å². The Morgan fingerprint density at radius 2 is 1.72 bits per heavy atom. The molecule has 0 unspecified atom stereocenters. The molecular formula is C16H25BN2O5S. The molecule has 1 aromatic rings. The number of rotatable bonds is 4. The van der Waals surface area contributed by atoms with Crippen LogP contribution in [-0.4, -0.2) is 56.2 Å². The molecule has 0 atom stereocenters. The number of hydrogen-bond acceptors (Lipinski definition) is 6. The highest BCUT2D eigenvalue weighted by atomic mass is 32.2. The second-order valence-electron chi connectivity index (χ2n) is 7.48. The molecule has 2 aliphatic rings. The van der Waals surface area contributed by atoms with Crippen LogP contribution in [0.2, 0.25) is 0 Å². The summed E-state index contributed by atoms with van der Waals surface area (Å²) in [5.74, 6) is 0.0900. The highest BCUT2D eigenvalue weighted by Gasteiger charge is 2.52. The van der Waals surface area contributed by atoms with Crippen LogP contribution in [0.15, 0.2) is 17.2 Å². The quantitative estimate of drug-likeness (QED) is 0.743. The van der Waals surface area contributed by atoms with Gasteiger partial charge in [0.2, 0.25) is 15.9 Å². The summed E-state index contributed by atoms with van der Waals surface area (Å²) in [6.45, 7) is 8.84. The molecule has 2 aliphatic heterocycles. The Kier molecular flexibility index (Phi) is 4.64. The minimum Gasteiger partial charge on any atom is -0.480 e. The molecule has 3 rings (SSSR count). The Morgan fingerprint density at radius 3 is 2.24 bits per heavy atom. The van der Waals surface area contributed by atoms with Crippen LogP contribution < -0.4 is 10.2 Å². The molecule has 1 aromatic heterocycles. The smallest absolute Gasteiger partial charge is 0.480 e. The van der Waals surface area contributed by atoms with E-state index in [1.54, 1.807) is 12.3 Å². The Labute approximate surface area is 149 Å². The lowest BCUT2D eigenvalue weighted by Gasteiger charge is -2.32. The van der Waals surface area contributed by atoms with E-state index in [4.69, 9.17) is 14.0 Å². The fourth-order valence-electron chi connectivity index (χ4n) is 2.96. The molecule has 9 heteroatoms. The molecule has 0 bridgehead atoms. The summed E-state index contributed by atoms with van der Waals surface area (Å²) in [6.07, 6.45) is 3.28. The van der Waals surface area contributed by atoms with Gasteiger partial charge in [0.1, 0.15) is 4.90 Å². The van der Waals surface area contributed by atoms with Gasteiger partial charge in [-0.15, -0.1) is 0 Å². The number of pyridine rings is 1. The van der Waals surface area contributed by atoms with Gasteiger partial charge in [-0.2, -0.15) is 4.31 Å². The van der Waals surface area contributed by atoms with Gasteiger partial charge in [-0.05, 0) is 46.6 Å². The average Bonchev–Trinajstić information content (AvgIpc) is 3.14. The van der Waals surface area contributed by atoms with E-state index < -0.39 is 28.3 Å². The van der Waals surface area contributed by atoms with Gasteiger partial charge >= 0.3 is 7.12 Å². The maximum Gasteiger partial charge on any atom is 0.496 e. The summed E-state index contributed by atoms with van der Waals surface area (Å²) in [6, 6.07) is 1.56. The van der Waals surface area contributed by atoms with Crippen LogP contribution in [-0.2, 0) is 19.3 Å². The normalized spacial score (nSPS) is 23.2. The first-order chi connectivity index (χ1) is 11.6. The molecule has 0 saturated carbocycles. The second-order valence-corrected chi connectivity index (χ2v) is 9.38. The minimum absolute atomic E-state index is 0.0594. The standard InChI is InChI=1S/C16H25BN2O5S/c1-15(2)16(3,4)24-17(23-15)12-10-13(14(22-5)18-11-12)25(20,21)19-8-6-7-9-19/h10-11H,6-9H2,1-5H3. The molecule has 0 N–H and O–H groups in total. The van der Waals surface area contributed by atoms with Crippen LogP contribution in [0.25, 0.3) is 0 Å². The van der Waals surface area contributed by atoms with Crippen molar-refractivity contribution in [2.75, 3.05) is 20.2 Å². The number of hydrogen-bond donors (Lipinski definition) is 0. The van der Waals surface area contributed by atoms with Crippen LogP contribution >= 0.6 is 0 Å². The van der Waals surface area contributed by atoms with E-state index in [-0.39, 0.29) is 10.8 Å². The first-order valence-corrected chi connectivity index (χ1v) is 9.92. The van der Waals surface area contributed by atoms with Crippen molar-refractivity contribution in [2.24, 2.45) is 0 Å². The average molecular weight is 368 g/mol. The summed E-state index contributed by atoms with van der Waals surface area (Å²) >= 11 is 0. The van der Waals surface area contributed by atoms with Gasteiger partial charge in [-0.1, -0.05) is 0 Å². The van der Waals surface area contributed by atoms with Gasteiger partial charge in [0, 0.05) is 24.7 Å². The van der Waals surface area contributed by atoms with Crippen molar-refractivity contribution in [3.63, 3.8) is 0 Å². The summed E-state index contributed by atoms with van der Waals surface area (Å²) in [7, 11) is -2.91. The second kappa shape index (κ2) is 6.23. The molecule has 0 spiro atoms. The maximum atomic E-state index is 13.0. The van der Waals surface area contributed by atoms with Crippen molar-refractivity contribution in [3.05, 3.63) is 12.3 Å². The molecule has 2 saturated heterocycles. The van der Waals surface area contributed by atoms with Gasteiger partial charge < -0.3 is 14.0 Å². The third kappa shape index (κ3) is 3.18. The molecule has 2 fully saturated rings. The zero-order valence-electron chi connectivity index (χ0n) is 15.4. The van der Waals surface area contributed by atoms with E-state index in [9.17, 15) is 8.42 Å². The van der Waals surface area contributed by atoms with Crippen LogP contribution in [0.5, 0.6) is 5.88 Å². The van der Waals surface area contributed by atoms with Crippen molar-refractivity contribution in [2.45, 2.75) is 56.6 Å². The van der Waals surface area contributed by atoms with Crippen molar-refractivity contribution in [3.8, 4) is 5.88 Å². The molecular weight excluding hydrogens is 343 g/mol. The van der Waals surface area contributed by atoms with Crippen molar-refractivity contribution >= 4 is 22.6 Å². The molecule has 3 heterocycles. The number of methoxy groups -OCH3 is 1. The number of ether oxygens (including phenoxy) is 1. The summed E-state index contributed by atoms with van der Waals surface area (Å²) in [5.41, 5.74) is -0.450. The maximum absolute atomic E-state index is 13.0. The fraction of sp³-hybridized carbons (Fsp3) is 0.688. The SMILES string of the molecule is COc1ncc(B2OC(C)(C)C(C)(C)O2)cc1S(=O)(=O)N1CCCC1. The first kappa shape index (κ1) is 18.6. The van der Waals surface area contributed by atoms with Crippen LogP contribution in [0.4, 0.5) is 0 Å². The Morgan fingerprint density at radius 1 is 1.16 bits per heavy atom. The Hall–Kier alpha value is -1.16. The molecule has 138 valence electrons. The zero-order chi connectivity index (χ0) is 18.5. The molecule has 0 amide bonds. The lowest BCUT2D eigenvalue weighted by atomic mass is 9.80. The third-order valence-corrected chi connectivity index (χ3v) is 7.13. The summed E-state index contributed by atoms with van der Waals surface area (Å²) in [4.78, 5) is 4.25. The Bertz CT molecular complexity index is 744. The third-order valence-electron chi connectivity index (χ3n) is 5.24. The highest BCUT2D eigenvalue weighted by molar-refractivity contribution is 7.89. The Balaban J connectivity index is 1.99. The number of sulfonamides is 1. The van der Waals surface area contributed by atoms with Crippen molar-refractivity contribution in [1.82, 2.24) is 9.29 Å². The number of nitrogens with zero attached hydrogens (tertiary/aromatic N) is 2. The minimum atomic E-state index is -3.66. The monoisotopic (exact) mass is 368 g/mol.